The van der Waals surface area contributed by atoms with Gasteiger partial charge in [-0.25, -0.2) is 4.39 Å². The first-order valence-electron chi connectivity index (χ1n) is 6.00. The third-order valence-corrected chi connectivity index (χ3v) is 4.20. The predicted molar refractivity (Wildman–Crippen MR) is 64.5 cm³/mol. The number of aryl methyl sites for hydroxylation is 1. The Bertz CT molecular complexity index is 356. The molecule has 1 nitrogen and oxygen atoms in total. The Morgan fingerprint density at radius 2 is 1.81 bits per heavy atom. The van der Waals surface area contributed by atoms with E-state index < -0.39 is 0 Å². The van der Waals surface area contributed by atoms with E-state index in [1.54, 1.807) is 0 Å². The summed E-state index contributed by atoms with van der Waals surface area (Å²) in [6.07, 6.45) is 2.20. The van der Waals surface area contributed by atoms with Gasteiger partial charge in [0.1, 0.15) is 5.82 Å². The number of rotatable bonds is 4. The van der Waals surface area contributed by atoms with E-state index in [1.165, 1.54) is 24.1 Å². The number of nitrogens with two attached hydrogens (primary N) is 1. The first-order chi connectivity index (χ1) is 7.55. The highest BCUT2D eigenvalue weighted by atomic mass is 19.1. The predicted octanol–water partition coefficient (Wildman–Crippen LogP) is 2.99. The molecule has 2 unspecified atom stereocenters. The highest BCUT2D eigenvalue weighted by Gasteiger charge is 2.55. The van der Waals surface area contributed by atoms with Crippen LogP contribution in [0.15, 0.2) is 24.3 Å². The summed E-state index contributed by atoms with van der Waals surface area (Å²) in [6.45, 7) is 5.38. The Hall–Kier alpha value is -0.890. The van der Waals surface area contributed by atoms with Gasteiger partial charge in [0.15, 0.2) is 0 Å². The van der Waals surface area contributed by atoms with Crippen molar-refractivity contribution in [2.45, 2.75) is 26.7 Å². The third kappa shape index (κ3) is 2.12. The van der Waals surface area contributed by atoms with Crippen LogP contribution in [0, 0.1) is 23.1 Å². The zero-order valence-electron chi connectivity index (χ0n) is 10.0. The fourth-order valence-corrected chi connectivity index (χ4v) is 2.87. The van der Waals surface area contributed by atoms with Crippen LogP contribution in [-0.4, -0.2) is 6.54 Å². The maximum absolute atomic E-state index is 12.7. The minimum atomic E-state index is -0.157. The van der Waals surface area contributed by atoms with Crippen LogP contribution in [0.25, 0.3) is 0 Å². The van der Waals surface area contributed by atoms with Crippen molar-refractivity contribution in [3.63, 3.8) is 0 Å². The van der Waals surface area contributed by atoms with Crippen LogP contribution >= 0.6 is 0 Å². The summed E-state index contributed by atoms with van der Waals surface area (Å²) in [7, 11) is 0. The third-order valence-electron chi connectivity index (χ3n) is 4.20. The summed E-state index contributed by atoms with van der Waals surface area (Å²) in [5.74, 6) is 1.26. The number of hydrogen-bond acceptors (Lipinski definition) is 1. The fourth-order valence-electron chi connectivity index (χ4n) is 2.87. The molecule has 0 amide bonds. The maximum atomic E-state index is 12.7. The van der Waals surface area contributed by atoms with Crippen molar-refractivity contribution >= 4 is 0 Å². The molecule has 1 aromatic rings. The number of hydrogen-bond donors (Lipinski definition) is 1. The van der Waals surface area contributed by atoms with Crippen molar-refractivity contribution in [3.05, 3.63) is 35.6 Å². The summed E-state index contributed by atoms with van der Waals surface area (Å²) in [5, 5.41) is 0. The normalized spacial score (nSPS) is 26.8. The summed E-state index contributed by atoms with van der Waals surface area (Å²) < 4.78 is 12.7. The van der Waals surface area contributed by atoms with E-state index >= 15 is 0 Å². The van der Waals surface area contributed by atoms with Gasteiger partial charge in [0.2, 0.25) is 0 Å². The van der Waals surface area contributed by atoms with Gasteiger partial charge >= 0.3 is 0 Å². The van der Waals surface area contributed by atoms with Crippen LogP contribution in [-0.2, 0) is 6.42 Å². The maximum Gasteiger partial charge on any atom is 0.123 e. The van der Waals surface area contributed by atoms with Gasteiger partial charge in [-0.15, -0.1) is 0 Å². The molecule has 0 spiro atoms. The van der Waals surface area contributed by atoms with Crippen molar-refractivity contribution in [3.8, 4) is 0 Å². The molecule has 0 radical (unpaired) electrons. The molecule has 88 valence electrons. The van der Waals surface area contributed by atoms with E-state index in [0.717, 1.165) is 18.9 Å². The summed E-state index contributed by atoms with van der Waals surface area (Å²) in [6, 6.07) is 6.83. The highest BCUT2D eigenvalue weighted by molar-refractivity contribution is 5.17. The molecule has 0 saturated heterocycles. The lowest BCUT2D eigenvalue weighted by Crippen LogP contribution is -2.05. The standard InChI is InChI=1S/C14H20FN/c1-14(2)12(13(14)9-16)8-5-10-3-6-11(15)7-4-10/h3-4,6-7,12-13H,5,8-9,16H2,1-2H3. The van der Waals surface area contributed by atoms with Crippen LogP contribution < -0.4 is 5.73 Å². The quantitative estimate of drug-likeness (QED) is 0.831. The monoisotopic (exact) mass is 221 g/mol. The van der Waals surface area contributed by atoms with Crippen molar-refractivity contribution in [1.82, 2.24) is 0 Å². The molecule has 0 bridgehead atoms. The molecule has 0 aromatic heterocycles. The SMILES string of the molecule is CC1(C)C(CN)C1CCc1ccc(F)cc1. The lowest BCUT2D eigenvalue weighted by molar-refractivity contribution is 0.522. The van der Waals surface area contributed by atoms with Crippen molar-refractivity contribution < 1.29 is 4.39 Å². The molecule has 2 rings (SSSR count). The molecule has 2 heteroatoms. The van der Waals surface area contributed by atoms with E-state index in [4.69, 9.17) is 5.73 Å². The van der Waals surface area contributed by atoms with E-state index in [2.05, 4.69) is 13.8 Å². The molecule has 2 atom stereocenters. The second-order valence-corrected chi connectivity index (χ2v) is 5.44. The lowest BCUT2D eigenvalue weighted by Gasteiger charge is -2.03. The summed E-state index contributed by atoms with van der Waals surface area (Å²) in [5.41, 5.74) is 7.37. The highest BCUT2D eigenvalue weighted by Crippen LogP contribution is 2.59. The molecule has 0 heterocycles. The molecule has 1 aromatic carbocycles. The van der Waals surface area contributed by atoms with Gasteiger partial charge in [-0.3, -0.25) is 0 Å². The molecular formula is C14H20FN. The van der Waals surface area contributed by atoms with Crippen LogP contribution in [0.2, 0.25) is 0 Å². The zero-order chi connectivity index (χ0) is 11.8. The minimum absolute atomic E-state index is 0.157. The van der Waals surface area contributed by atoms with Gasteiger partial charge in [-0.05, 0) is 54.3 Å². The van der Waals surface area contributed by atoms with Gasteiger partial charge in [-0.2, -0.15) is 0 Å². The minimum Gasteiger partial charge on any atom is -0.330 e. The molecule has 2 N–H and O–H groups in total. The van der Waals surface area contributed by atoms with E-state index in [9.17, 15) is 4.39 Å². The second-order valence-electron chi connectivity index (χ2n) is 5.44. The Balaban J connectivity index is 1.87. The Morgan fingerprint density at radius 3 is 2.31 bits per heavy atom. The van der Waals surface area contributed by atoms with Crippen molar-refractivity contribution in [2.75, 3.05) is 6.54 Å². The molecule has 16 heavy (non-hydrogen) atoms. The average molecular weight is 221 g/mol. The van der Waals surface area contributed by atoms with Gasteiger partial charge in [0, 0.05) is 0 Å². The first-order valence-corrected chi connectivity index (χ1v) is 6.00. The van der Waals surface area contributed by atoms with Crippen molar-refractivity contribution in [2.24, 2.45) is 23.0 Å². The average Bonchev–Trinajstić information content (AvgIpc) is 2.79. The van der Waals surface area contributed by atoms with Crippen LogP contribution in [0.3, 0.4) is 0 Å². The Morgan fingerprint density at radius 1 is 1.19 bits per heavy atom. The van der Waals surface area contributed by atoms with Crippen molar-refractivity contribution in [1.29, 1.82) is 0 Å². The largest absolute Gasteiger partial charge is 0.330 e. The molecule has 0 aliphatic heterocycles. The zero-order valence-corrected chi connectivity index (χ0v) is 10.0. The first kappa shape index (κ1) is 11.6. The lowest BCUT2D eigenvalue weighted by atomic mass is 10.0. The van der Waals surface area contributed by atoms with E-state index in [1.807, 2.05) is 12.1 Å². The Labute approximate surface area is 96.9 Å². The fraction of sp³-hybridized carbons (Fsp3) is 0.571. The molecule has 1 aliphatic rings. The van der Waals surface area contributed by atoms with Crippen LogP contribution in [0.1, 0.15) is 25.8 Å². The van der Waals surface area contributed by atoms with Gasteiger partial charge < -0.3 is 5.73 Å². The van der Waals surface area contributed by atoms with E-state index in [0.29, 0.717) is 11.3 Å². The van der Waals surface area contributed by atoms with Crippen LogP contribution in [0.5, 0.6) is 0 Å². The number of halogens is 1. The van der Waals surface area contributed by atoms with Gasteiger partial charge in [-0.1, -0.05) is 26.0 Å². The second kappa shape index (κ2) is 4.17. The molecule has 1 aliphatic carbocycles. The number of benzene rings is 1. The summed E-state index contributed by atoms with van der Waals surface area (Å²) in [4.78, 5) is 0. The Kier molecular flexibility index (Phi) is 3.02. The molecule has 1 fully saturated rings. The van der Waals surface area contributed by atoms with Crippen LogP contribution in [0.4, 0.5) is 4.39 Å². The van der Waals surface area contributed by atoms with E-state index in [-0.39, 0.29) is 5.82 Å². The molecular weight excluding hydrogens is 201 g/mol. The van der Waals surface area contributed by atoms with Gasteiger partial charge in [0.25, 0.3) is 0 Å². The summed E-state index contributed by atoms with van der Waals surface area (Å²) >= 11 is 0. The smallest absolute Gasteiger partial charge is 0.123 e. The topological polar surface area (TPSA) is 26.0 Å². The van der Waals surface area contributed by atoms with Gasteiger partial charge in [0.05, 0.1) is 0 Å². The molecule has 1 saturated carbocycles.